The standard InChI is InChI=1S/C28H29F3N6OS2/c1-35-7-8-39-23-11-22(40-25(23)26(35)38)24-20(28(29,30)31)12-32-27(34-24)33-21-6-5-16(10-19(21)15-3-4-15)37-14-17-9-18(37)13-36(17)2/h5-6,10-12,15,17-18H,3-4,7-9,13-14H2,1-2H3,(H,32,33,34)/t17-,18-/m1/s1. The Morgan fingerprint density at radius 2 is 1.93 bits per heavy atom. The fourth-order valence-electron chi connectivity index (χ4n) is 6.03. The lowest BCUT2D eigenvalue weighted by molar-refractivity contribution is -0.137. The van der Waals surface area contributed by atoms with Crippen molar-refractivity contribution in [2.45, 2.75) is 48.3 Å². The van der Waals surface area contributed by atoms with Crippen molar-refractivity contribution >= 4 is 46.3 Å². The number of piperazine rings is 1. The van der Waals surface area contributed by atoms with E-state index in [1.165, 1.54) is 23.9 Å². The van der Waals surface area contributed by atoms with Crippen molar-refractivity contribution in [3.8, 4) is 10.6 Å². The first-order chi connectivity index (χ1) is 19.2. The average molecular weight is 587 g/mol. The van der Waals surface area contributed by atoms with E-state index in [0.29, 0.717) is 44.9 Å². The number of halogens is 3. The van der Waals surface area contributed by atoms with E-state index in [2.05, 4.69) is 44.3 Å². The summed E-state index contributed by atoms with van der Waals surface area (Å²) in [5, 5.41) is 3.24. The summed E-state index contributed by atoms with van der Waals surface area (Å²) < 4.78 is 42.2. The number of thiophene rings is 1. The monoisotopic (exact) mass is 586 g/mol. The number of fused-ring (bicyclic) bond motifs is 3. The molecule has 4 aliphatic rings. The fourth-order valence-corrected chi connectivity index (χ4v) is 8.46. The number of nitrogens with zero attached hydrogens (tertiary/aromatic N) is 5. The predicted octanol–water partition coefficient (Wildman–Crippen LogP) is 5.92. The molecule has 5 heterocycles. The van der Waals surface area contributed by atoms with E-state index in [-0.39, 0.29) is 17.5 Å². The summed E-state index contributed by atoms with van der Waals surface area (Å²) >= 11 is 2.54. The van der Waals surface area contributed by atoms with Gasteiger partial charge in [-0.15, -0.1) is 23.1 Å². The highest BCUT2D eigenvalue weighted by molar-refractivity contribution is 7.99. The van der Waals surface area contributed by atoms with Crippen LogP contribution in [0.5, 0.6) is 0 Å². The largest absolute Gasteiger partial charge is 0.420 e. The second-order valence-corrected chi connectivity index (χ2v) is 13.3. The Labute approximate surface area is 238 Å². The predicted molar refractivity (Wildman–Crippen MR) is 152 cm³/mol. The van der Waals surface area contributed by atoms with Crippen LogP contribution in [0.15, 0.2) is 35.4 Å². The smallest absolute Gasteiger partial charge is 0.366 e. The van der Waals surface area contributed by atoms with Gasteiger partial charge in [-0.05, 0) is 62.1 Å². The number of anilines is 3. The lowest BCUT2D eigenvalue weighted by atomic mass is 10.1. The summed E-state index contributed by atoms with van der Waals surface area (Å²) in [5.74, 6) is 1.04. The molecule has 3 aromatic rings. The van der Waals surface area contributed by atoms with Gasteiger partial charge >= 0.3 is 6.18 Å². The van der Waals surface area contributed by atoms with Crippen molar-refractivity contribution < 1.29 is 18.0 Å². The molecule has 7 rings (SSSR count). The van der Waals surface area contributed by atoms with Gasteiger partial charge in [-0.1, -0.05) is 0 Å². The number of amides is 1. The van der Waals surface area contributed by atoms with Crippen LogP contribution >= 0.6 is 23.1 Å². The molecule has 2 bridgehead atoms. The van der Waals surface area contributed by atoms with Crippen molar-refractivity contribution in [2.75, 3.05) is 49.7 Å². The number of rotatable bonds is 5. The highest BCUT2D eigenvalue weighted by Crippen LogP contribution is 2.47. The first-order valence-electron chi connectivity index (χ1n) is 13.5. The number of hydrogen-bond acceptors (Lipinski definition) is 8. The van der Waals surface area contributed by atoms with E-state index in [0.717, 1.165) is 54.7 Å². The van der Waals surface area contributed by atoms with Gasteiger partial charge < -0.3 is 15.1 Å². The van der Waals surface area contributed by atoms with Gasteiger partial charge in [0.05, 0.1) is 10.6 Å². The molecule has 1 amide bonds. The van der Waals surface area contributed by atoms with Gasteiger partial charge in [-0.25, -0.2) is 9.97 Å². The van der Waals surface area contributed by atoms with Gasteiger partial charge in [0.1, 0.15) is 10.4 Å². The summed E-state index contributed by atoms with van der Waals surface area (Å²) in [6.45, 7) is 2.68. The molecule has 210 valence electrons. The van der Waals surface area contributed by atoms with Crippen molar-refractivity contribution in [1.29, 1.82) is 0 Å². The Morgan fingerprint density at radius 3 is 2.62 bits per heavy atom. The topological polar surface area (TPSA) is 64.6 Å². The minimum atomic E-state index is -4.63. The van der Waals surface area contributed by atoms with Crippen LogP contribution in [0.25, 0.3) is 10.6 Å². The molecule has 2 saturated heterocycles. The number of hydrogen-bond donors (Lipinski definition) is 1. The molecule has 3 fully saturated rings. The summed E-state index contributed by atoms with van der Waals surface area (Å²) in [6.07, 6.45) is -0.420. The Kier molecular flexibility index (Phi) is 6.28. The van der Waals surface area contributed by atoms with E-state index in [4.69, 9.17) is 0 Å². The number of alkyl halides is 3. The minimum Gasteiger partial charge on any atom is -0.366 e. The molecule has 3 aliphatic heterocycles. The van der Waals surface area contributed by atoms with E-state index in [1.807, 2.05) is 6.07 Å². The van der Waals surface area contributed by atoms with Gasteiger partial charge in [0.2, 0.25) is 5.95 Å². The Balaban J connectivity index is 1.22. The molecule has 1 N–H and O–H groups in total. The lowest BCUT2D eigenvalue weighted by Gasteiger charge is -2.34. The average Bonchev–Trinajstić information content (AvgIpc) is 3.43. The van der Waals surface area contributed by atoms with Crippen molar-refractivity contribution in [3.05, 3.63) is 46.5 Å². The molecule has 12 heteroatoms. The zero-order valence-corrected chi connectivity index (χ0v) is 23.8. The molecular formula is C28H29F3N6OS2. The molecule has 7 nitrogen and oxygen atoms in total. The Morgan fingerprint density at radius 1 is 1.10 bits per heavy atom. The number of likely N-dealkylation sites (N-methyl/N-ethyl adjacent to an activating group) is 1. The first-order valence-corrected chi connectivity index (χ1v) is 15.3. The zero-order chi connectivity index (χ0) is 27.8. The normalized spacial score (nSPS) is 23.1. The number of benzene rings is 1. The van der Waals surface area contributed by atoms with Gasteiger partial charge in [0.25, 0.3) is 5.91 Å². The summed E-state index contributed by atoms with van der Waals surface area (Å²) in [6, 6.07) is 9.11. The number of thioether (sulfide) groups is 1. The molecule has 0 unspecified atom stereocenters. The van der Waals surface area contributed by atoms with E-state index in [9.17, 15) is 18.0 Å². The van der Waals surface area contributed by atoms with Crippen LogP contribution in [-0.2, 0) is 6.18 Å². The molecule has 1 saturated carbocycles. The molecule has 2 atom stereocenters. The van der Waals surface area contributed by atoms with E-state index < -0.39 is 11.7 Å². The van der Waals surface area contributed by atoms with Crippen LogP contribution in [-0.4, -0.2) is 77.2 Å². The third-order valence-electron chi connectivity index (χ3n) is 8.40. The summed E-state index contributed by atoms with van der Waals surface area (Å²) in [4.78, 5) is 29.3. The lowest BCUT2D eigenvalue weighted by Crippen LogP contribution is -2.44. The third-order valence-corrected chi connectivity index (χ3v) is 10.7. The van der Waals surface area contributed by atoms with Gasteiger partial charge in [0.15, 0.2) is 0 Å². The summed E-state index contributed by atoms with van der Waals surface area (Å²) in [7, 11) is 3.89. The van der Waals surface area contributed by atoms with E-state index in [1.54, 1.807) is 18.0 Å². The number of nitrogens with one attached hydrogen (secondary N) is 1. The third kappa shape index (κ3) is 4.63. The SMILES string of the molecule is CN1CCSc2cc(-c3nc(Nc4ccc(N5C[C@H]6C[C@@H]5CN6C)cc4C4CC4)ncc3C(F)(F)F)sc2C1=O. The van der Waals surface area contributed by atoms with Crippen LogP contribution in [0.3, 0.4) is 0 Å². The Hall–Kier alpha value is -2.83. The molecule has 0 spiro atoms. The molecule has 40 heavy (non-hydrogen) atoms. The molecule has 1 aromatic carbocycles. The second kappa shape index (κ2) is 9.63. The van der Waals surface area contributed by atoms with Crippen LogP contribution in [0.2, 0.25) is 0 Å². The molecule has 2 aromatic heterocycles. The Bertz CT molecular complexity index is 1490. The minimum absolute atomic E-state index is 0.110. The van der Waals surface area contributed by atoms with Gasteiger partial charge in [-0.3, -0.25) is 9.69 Å². The number of carbonyl (C=O) groups excluding carboxylic acids is 1. The maximum Gasteiger partial charge on any atom is 0.420 e. The van der Waals surface area contributed by atoms with Crippen LogP contribution in [0.1, 0.15) is 46.0 Å². The van der Waals surface area contributed by atoms with Gasteiger partial charge in [0, 0.05) is 67.0 Å². The van der Waals surface area contributed by atoms with Gasteiger partial charge in [-0.2, -0.15) is 13.2 Å². The van der Waals surface area contributed by atoms with Crippen LogP contribution in [0.4, 0.5) is 30.5 Å². The van der Waals surface area contributed by atoms with Crippen molar-refractivity contribution in [3.63, 3.8) is 0 Å². The molecule has 0 radical (unpaired) electrons. The first kappa shape index (κ1) is 26.1. The second-order valence-electron chi connectivity index (χ2n) is 11.1. The summed E-state index contributed by atoms with van der Waals surface area (Å²) in [5.41, 5.74) is 2.07. The number of likely N-dealkylation sites (tertiary alicyclic amines) is 1. The van der Waals surface area contributed by atoms with E-state index >= 15 is 0 Å². The number of aromatic nitrogens is 2. The van der Waals surface area contributed by atoms with Crippen LogP contribution in [0, 0.1) is 0 Å². The van der Waals surface area contributed by atoms with Crippen molar-refractivity contribution in [2.24, 2.45) is 0 Å². The quantitative estimate of drug-likeness (QED) is 0.399. The maximum absolute atomic E-state index is 14.1. The maximum atomic E-state index is 14.1. The zero-order valence-electron chi connectivity index (χ0n) is 22.2. The fraction of sp³-hybridized carbons (Fsp3) is 0.464. The number of carbonyl (C=O) groups is 1. The van der Waals surface area contributed by atoms with Crippen molar-refractivity contribution in [1.82, 2.24) is 19.8 Å². The highest BCUT2D eigenvalue weighted by Gasteiger charge is 2.42. The molecular weight excluding hydrogens is 557 g/mol. The van der Waals surface area contributed by atoms with Crippen LogP contribution < -0.4 is 10.2 Å². The highest BCUT2D eigenvalue weighted by atomic mass is 32.2. The molecule has 1 aliphatic carbocycles.